The minimum absolute atomic E-state index is 0.101. The van der Waals surface area contributed by atoms with Gasteiger partial charge in [-0.25, -0.2) is 0 Å². The third-order valence-corrected chi connectivity index (χ3v) is 4.48. The van der Waals surface area contributed by atoms with Gasteiger partial charge in [-0.15, -0.1) is 10.2 Å². The molecule has 21 heavy (non-hydrogen) atoms. The van der Waals surface area contributed by atoms with Gasteiger partial charge in [0.25, 0.3) is 0 Å². The number of anilines is 1. The third-order valence-electron chi connectivity index (χ3n) is 3.21. The molecule has 0 spiro atoms. The number of hydrogen-bond acceptors (Lipinski definition) is 4. The predicted octanol–water partition coefficient (Wildman–Crippen LogP) is 3.31. The number of nitrogens with zero attached hydrogens (tertiary/aromatic N) is 3. The molecule has 0 atom stereocenters. The molecule has 0 radical (unpaired) electrons. The Kier molecular flexibility index (Phi) is 4.17. The molecule has 1 aromatic carbocycles. The number of halogens is 1. The molecule has 0 unspecified atom stereocenters. The second kappa shape index (κ2) is 6.07. The fourth-order valence-electron chi connectivity index (χ4n) is 1.98. The van der Waals surface area contributed by atoms with Crippen LogP contribution >= 0.6 is 23.4 Å². The number of aromatic nitrogens is 3. The van der Waals surface area contributed by atoms with Crippen LogP contribution in [-0.4, -0.2) is 26.4 Å². The Hall–Kier alpha value is -1.53. The van der Waals surface area contributed by atoms with Crippen molar-refractivity contribution >= 4 is 35.0 Å². The van der Waals surface area contributed by atoms with E-state index in [9.17, 15) is 4.79 Å². The second-order valence-corrected chi connectivity index (χ2v) is 6.42. The summed E-state index contributed by atoms with van der Waals surface area (Å²) in [6, 6.07) is 6.07. The van der Waals surface area contributed by atoms with E-state index in [2.05, 4.69) is 15.5 Å². The molecule has 1 aliphatic carbocycles. The largest absolute Gasteiger partial charge is 0.324 e. The van der Waals surface area contributed by atoms with Gasteiger partial charge in [-0.2, -0.15) is 0 Å². The first kappa shape index (κ1) is 14.4. The lowest BCUT2D eigenvalue weighted by Gasteiger charge is -2.08. The number of nitrogens with one attached hydrogen (secondary N) is 1. The first-order chi connectivity index (χ1) is 10.1. The minimum atomic E-state index is -0.101. The molecule has 0 bridgehead atoms. The fourth-order valence-corrected chi connectivity index (χ4v) is 3.04. The van der Waals surface area contributed by atoms with Crippen LogP contribution in [0.15, 0.2) is 29.7 Å². The SMILES string of the molecule is Cc1ccc(NC(=O)CSc2nncn2C2CC2)c(Cl)c1. The van der Waals surface area contributed by atoms with Crippen molar-refractivity contribution in [3.63, 3.8) is 0 Å². The molecule has 1 saturated carbocycles. The summed E-state index contributed by atoms with van der Waals surface area (Å²) >= 11 is 7.49. The van der Waals surface area contributed by atoms with E-state index < -0.39 is 0 Å². The number of thioether (sulfide) groups is 1. The van der Waals surface area contributed by atoms with Crippen LogP contribution in [0.1, 0.15) is 24.4 Å². The summed E-state index contributed by atoms with van der Waals surface area (Å²) in [4.78, 5) is 12.0. The molecule has 3 rings (SSSR count). The fraction of sp³-hybridized carbons (Fsp3) is 0.357. The summed E-state index contributed by atoms with van der Waals surface area (Å²) in [5, 5.41) is 12.1. The number of benzene rings is 1. The molecule has 1 fully saturated rings. The number of hydrogen-bond donors (Lipinski definition) is 1. The molecule has 1 aromatic heterocycles. The van der Waals surface area contributed by atoms with Gasteiger partial charge in [0.05, 0.1) is 16.5 Å². The molecular formula is C14H15ClN4OS. The first-order valence-electron chi connectivity index (χ1n) is 6.72. The summed E-state index contributed by atoms with van der Waals surface area (Å²) in [6.45, 7) is 1.96. The van der Waals surface area contributed by atoms with Crippen molar-refractivity contribution in [2.24, 2.45) is 0 Å². The number of carbonyl (C=O) groups excluding carboxylic acids is 1. The van der Waals surface area contributed by atoms with Crippen molar-refractivity contribution < 1.29 is 4.79 Å². The second-order valence-electron chi connectivity index (χ2n) is 5.07. The Morgan fingerprint density at radius 3 is 3.05 bits per heavy atom. The smallest absolute Gasteiger partial charge is 0.234 e. The standard InChI is InChI=1S/C14H15ClN4OS/c1-9-2-5-12(11(15)6-9)17-13(20)7-21-14-18-16-8-19(14)10-3-4-10/h2,5-6,8,10H,3-4,7H2,1H3,(H,17,20). The maximum Gasteiger partial charge on any atom is 0.234 e. The number of carbonyl (C=O) groups is 1. The molecule has 5 nitrogen and oxygen atoms in total. The number of aryl methyl sites for hydroxylation is 1. The average molecular weight is 323 g/mol. The Bertz CT molecular complexity index is 669. The van der Waals surface area contributed by atoms with Crippen molar-refractivity contribution in [3.05, 3.63) is 35.1 Å². The van der Waals surface area contributed by atoms with Crippen LogP contribution in [0.5, 0.6) is 0 Å². The van der Waals surface area contributed by atoms with Crippen LogP contribution in [0.25, 0.3) is 0 Å². The van der Waals surface area contributed by atoms with Crippen LogP contribution in [0.3, 0.4) is 0 Å². The number of rotatable bonds is 5. The van der Waals surface area contributed by atoms with Crippen molar-refractivity contribution in [1.29, 1.82) is 0 Å². The highest BCUT2D eigenvalue weighted by atomic mass is 35.5. The Balaban J connectivity index is 1.57. The van der Waals surface area contributed by atoms with E-state index in [1.165, 1.54) is 11.8 Å². The highest BCUT2D eigenvalue weighted by Gasteiger charge is 2.26. The van der Waals surface area contributed by atoms with Gasteiger partial charge in [0.2, 0.25) is 5.91 Å². The van der Waals surface area contributed by atoms with Crippen LogP contribution in [0.2, 0.25) is 5.02 Å². The topological polar surface area (TPSA) is 59.8 Å². The van der Waals surface area contributed by atoms with E-state index >= 15 is 0 Å². The summed E-state index contributed by atoms with van der Waals surface area (Å²) < 4.78 is 2.04. The van der Waals surface area contributed by atoms with E-state index in [4.69, 9.17) is 11.6 Å². The Labute approximate surface area is 132 Å². The molecule has 0 saturated heterocycles. The zero-order valence-electron chi connectivity index (χ0n) is 11.5. The summed E-state index contributed by atoms with van der Waals surface area (Å²) in [5.41, 5.74) is 1.70. The first-order valence-corrected chi connectivity index (χ1v) is 8.08. The summed E-state index contributed by atoms with van der Waals surface area (Å²) in [5.74, 6) is 0.186. The molecule has 7 heteroatoms. The molecule has 1 aliphatic rings. The summed E-state index contributed by atoms with van der Waals surface area (Å²) in [6.07, 6.45) is 4.06. The molecule has 1 N–H and O–H groups in total. The number of amides is 1. The Morgan fingerprint density at radius 1 is 1.52 bits per heavy atom. The summed E-state index contributed by atoms with van der Waals surface area (Å²) in [7, 11) is 0. The molecule has 1 heterocycles. The van der Waals surface area contributed by atoms with Crippen LogP contribution < -0.4 is 5.32 Å². The molecule has 0 aliphatic heterocycles. The molecule has 1 amide bonds. The van der Waals surface area contributed by atoms with Gasteiger partial charge in [0.1, 0.15) is 6.33 Å². The highest BCUT2D eigenvalue weighted by molar-refractivity contribution is 7.99. The van der Waals surface area contributed by atoms with E-state index in [1.807, 2.05) is 29.7 Å². The Morgan fingerprint density at radius 2 is 2.33 bits per heavy atom. The van der Waals surface area contributed by atoms with E-state index in [0.29, 0.717) is 16.8 Å². The van der Waals surface area contributed by atoms with Gasteiger partial charge in [0.15, 0.2) is 5.16 Å². The minimum Gasteiger partial charge on any atom is -0.324 e. The van der Waals surface area contributed by atoms with Gasteiger partial charge >= 0.3 is 0 Å². The van der Waals surface area contributed by atoms with Crippen molar-refractivity contribution in [2.45, 2.75) is 31.0 Å². The van der Waals surface area contributed by atoms with Crippen molar-refractivity contribution in [2.75, 3.05) is 11.1 Å². The van der Waals surface area contributed by atoms with Crippen molar-refractivity contribution in [3.8, 4) is 0 Å². The molecular weight excluding hydrogens is 308 g/mol. The van der Waals surface area contributed by atoms with Crippen LogP contribution in [0.4, 0.5) is 5.69 Å². The van der Waals surface area contributed by atoms with E-state index in [0.717, 1.165) is 23.6 Å². The van der Waals surface area contributed by atoms with Crippen LogP contribution in [0, 0.1) is 6.92 Å². The van der Waals surface area contributed by atoms with Gasteiger partial charge < -0.3 is 9.88 Å². The quantitative estimate of drug-likeness (QED) is 0.858. The molecule has 110 valence electrons. The highest BCUT2D eigenvalue weighted by Crippen LogP contribution is 2.37. The van der Waals surface area contributed by atoms with Gasteiger partial charge in [-0.05, 0) is 37.5 Å². The maximum absolute atomic E-state index is 12.0. The lowest BCUT2D eigenvalue weighted by molar-refractivity contribution is -0.113. The van der Waals surface area contributed by atoms with Gasteiger partial charge in [0, 0.05) is 6.04 Å². The average Bonchev–Trinajstić information content (AvgIpc) is 3.18. The van der Waals surface area contributed by atoms with E-state index in [-0.39, 0.29) is 11.7 Å². The zero-order valence-corrected chi connectivity index (χ0v) is 13.1. The molecule has 2 aromatic rings. The van der Waals surface area contributed by atoms with E-state index in [1.54, 1.807) is 6.33 Å². The van der Waals surface area contributed by atoms with Gasteiger partial charge in [-0.3, -0.25) is 4.79 Å². The van der Waals surface area contributed by atoms with Crippen molar-refractivity contribution in [1.82, 2.24) is 14.8 Å². The third kappa shape index (κ3) is 3.57. The lowest BCUT2D eigenvalue weighted by Crippen LogP contribution is -2.14. The van der Waals surface area contributed by atoms with Crippen LogP contribution in [-0.2, 0) is 4.79 Å². The normalized spacial score (nSPS) is 14.2. The predicted molar refractivity (Wildman–Crippen MR) is 83.8 cm³/mol. The zero-order chi connectivity index (χ0) is 14.8. The monoisotopic (exact) mass is 322 g/mol. The lowest BCUT2D eigenvalue weighted by atomic mass is 10.2. The van der Waals surface area contributed by atoms with Gasteiger partial charge in [-0.1, -0.05) is 29.4 Å². The maximum atomic E-state index is 12.0.